The van der Waals surface area contributed by atoms with Gasteiger partial charge in [-0.25, -0.2) is 5.43 Å². The number of alkyl halides is 3. The summed E-state index contributed by atoms with van der Waals surface area (Å²) in [5, 5.41) is 3.93. The molecule has 2 heterocycles. The number of hydrogen-bond donors (Lipinski definition) is 2. The molecule has 0 aliphatic carbocycles. The second-order valence-electron chi connectivity index (χ2n) is 6.05. The van der Waals surface area contributed by atoms with Crippen LogP contribution in [0.4, 0.5) is 13.2 Å². The number of aromatic nitrogens is 2. The standard InChI is InChI=1S/C18H15F3N4O/c19-18(20,21)13-8-6-12(7-9-13)16-23-17(26-25-16)14-10-22-24-15(14)11-4-2-1-3-5-11/h1-9,14-15,22,24H,10H2. The topological polar surface area (TPSA) is 63.0 Å². The van der Waals surface area contributed by atoms with E-state index < -0.39 is 11.7 Å². The Morgan fingerprint density at radius 3 is 2.42 bits per heavy atom. The average molecular weight is 360 g/mol. The van der Waals surface area contributed by atoms with Gasteiger partial charge in [-0.2, -0.15) is 18.2 Å². The molecular weight excluding hydrogens is 345 g/mol. The molecule has 1 saturated heterocycles. The maximum Gasteiger partial charge on any atom is 0.416 e. The molecule has 2 unspecified atom stereocenters. The third kappa shape index (κ3) is 3.21. The molecule has 0 spiro atoms. The van der Waals surface area contributed by atoms with Crippen molar-refractivity contribution in [2.75, 3.05) is 6.54 Å². The fourth-order valence-corrected chi connectivity index (χ4v) is 3.01. The highest BCUT2D eigenvalue weighted by atomic mass is 19.4. The number of nitrogens with zero attached hydrogens (tertiary/aromatic N) is 2. The summed E-state index contributed by atoms with van der Waals surface area (Å²) in [7, 11) is 0. The van der Waals surface area contributed by atoms with Crippen LogP contribution in [0.15, 0.2) is 59.1 Å². The normalized spacial score (nSPS) is 20.4. The SMILES string of the molecule is FC(F)(F)c1ccc(-c2noc(C3CNNC3c3ccccc3)n2)cc1. The summed E-state index contributed by atoms with van der Waals surface area (Å²) in [6.45, 7) is 0.605. The van der Waals surface area contributed by atoms with Crippen molar-refractivity contribution in [1.29, 1.82) is 0 Å². The maximum atomic E-state index is 12.7. The summed E-state index contributed by atoms with van der Waals surface area (Å²) in [5.74, 6) is 0.631. The molecule has 1 aromatic heterocycles. The van der Waals surface area contributed by atoms with Crippen LogP contribution >= 0.6 is 0 Å². The largest absolute Gasteiger partial charge is 0.416 e. The van der Waals surface area contributed by atoms with Crippen LogP contribution in [-0.4, -0.2) is 16.7 Å². The van der Waals surface area contributed by atoms with Crippen molar-refractivity contribution in [2.45, 2.75) is 18.1 Å². The zero-order chi connectivity index (χ0) is 18.1. The minimum atomic E-state index is -4.37. The Labute approximate surface area is 147 Å². The molecule has 2 N–H and O–H groups in total. The molecule has 4 rings (SSSR count). The molecule has 0 bridgehead atoms. The lowest BCUT2D eigenvalue weighted by Crippen LogP contribution is -2.24. The molecule has 2 aromatic carbocycles. The molecule has 1 aliphatic heterocycles. The van der Waals surface area contributed by atoms with Crippen molar-refractivity contribution in [3.05, 3.63) is 71.6 Å². The first kappa shape index (κ1) is 16.7. The number of benzene rings is 2. The third-order valence-corrected chi connectivity index (χ3v) is 4.37. The highest BCUT2D eigenvalue weighted by molar-refractivity contribution is 5.55. The van der Waals surface area contributed by atoms with Gasteiger partial charge in [0.15, 0.2) is 0 Å². The Morgan fingerprint density at radius 1 is 1.00 bits per heavy atom. The van der Waals surface area contributed by atoms with Crippen molar-refractivity contribution in [2.24, 2.45) is 0 Å². The Balaban J connectivity index is 1.58. The molecule has 8 heteroatoms. The van der Waals surface area contributed by atoms with Crippen LogP contribution in [0.1, 0.15) is 29.0 Å². The van der Waals surface area contributed by atoms with Gasteiger partial charge in [0, 0.05) is 12.1 Å². The average Bonchev–Trinajstić information content (AvgIpc) is 3.31. The molecule has 0 radical (unpaired) electrons. The number of hydrogen-bond acceptors (Lipinski definition) is 5. The van der Waals surface area contributed by atoms with Crippen LogP contribution in [0.3, 0.4) is 0 Å². The number of rotatable bonds is 3. The predicted octanol–water partition coefficient (Wildman–Crippen LogP) is 3.69. The maximum absolute atomic E-state index is 12.7. The van der Waals surface area contributed by atoms with Gasteiger partial charge in [0.05, 0.1) is 17.5 Å². The predicted molar refractivity (Wildman–Crippen MR) is 87.8 cm³/mol. The van der Waals surface area contributed by atoms with E-state index in [1.165, 1.54) is 12.1 Å². The number of nitrogens with one attached hydrogen (secondary N) is 2. The van der Waals surface area contributed by atoms with Crippen LogP contribution in [-0.2, 0) is 6.18 Å². The quantitative estimate of drug-likeness (QED) is 0.746. The Bertz CT molecular complexity index is 877. The third-order valence-electron chi connectivity index (χ3n) is 4.37. The first-order valence-corrected chi connectivity index (χ1v) is 8.07. The molecule has 1 fully saturated rings. The van der Waals surface area contributed by atoms with Gasteiger partial charge in [0.1, 0.15) is 0 Å². The molecule has 1 aliphatic rings. The van der Waals surface area contributed by atoms with E-state index in [0.29, 0.717) is 18.0 Å². The van der Waals surface area contributed by atoms with Crippen molar-refractivity contribution in [3.63, 3.8) is 0 Å². The van der Waals surface area contributed by atoms with Gasteiger partial charge in [-0.15, -0.1) is 0 Å². The summed E-state index contributed by atoms with van der Waals surface area (Å²) in [6, 6.07) is 14.5. The van der Waals surface area contributed by atoms with Gasteiger partial charge in [-0.1, -0.05) is 47.6 Å². The minimum Gasteiger partial charge on any atom is -0.339 e. The van der Waals surface area contributed by atoms with Crippen LogP contribution in [0, 0.1) is 0 Å². The van der Waals surface area contributed by atoms with E-state index in [1.807, 2.05) is 30.3 Å². The van der Waals surface area contributed by atoms with E-state index >= 15 is 0 Å². The Morgan fingerprint density at radius 2 is 1.73 bits per heavy atom. The highest BCUT2D eigenvalue weighted by Crippen LogP contribution is 2.34. The molecule has 0 saturated carbocycles. The second kappa shape index (κ2) is 6.54. The summed E-state index contributed by atoms with van der Waals surface area (Å²) in [6.07, 6.45) is -4.37. The van der Waals surface area contributed by atoms with Crippen molar-refractivity contribution in [1.82, 2.24) is 21.0 Å². The second-order valence-corrected chi connectivity index (χ2v) is 6.05. The summed E-state index contributed by atoms with van der Waals surface area (Å²) < 4.78 is 43.4. The van der Waals surface area contributed by atoms with E-state index in [-0.39, 0.29) is 17.8 Å². The number of halogens is 3. The van der Waals surface area contributed by atoms with Crippen LogP contribution in [0.25, 0.3) is 11.4 Å². The van der Waals surface area contributed by atoms with Gasteiger partial charge < -0.3 is 4.52 Å². The fourth-order valence-electron chi connectivity index (χ4n) is 3.01. The number of hydrazine groups is 1. The molecule has 0 amide bonds. The monoisotopic (exact) mass is 360 g/mol. The molecule has 3 aromatic rings. The smallest absolute Gasteiger partial charge is 0.339 e. The Kier molecular flexibility index (Phi) is 4.21. The fraction of sp³-hybridized carbons (Fsp3) is 0.222. The van der Waals surface area contributed by atoms with Gasteiger partial charge in [-0.3, -0.25) is 5.43 Å². The molecule has 26 heavy (non-hydrogen) atoms. The zero-order valence-corrected chi connectivity index (χ0v) is 13.5. The lowest BCUT2D eigenvalue weighted by atomic mass is 9.95. The van der Waals surface area contributed by atoms with Gasteiger partial charge in [0.2, 0.25) is 11.7 Å². The van der Waals surface area contributed by atoms with Gasteiger partial charge in [0.25, 0.3) is 0 Å². The van der Waals surface area contributed by atoms with E-state index in [1.54, 1.807) is 0 Å². The lowest BCUT2D eigenvalue weighted by molar-refractivity contribution is -0.137. The van der Waals surface area contributed by atoms with E-state index in [9.17, 15) is 13.2 Å². The molecule has 134 valence electrons. The van der Waals surface area contributed by atoms with Crippen LogP contribution in [0.5, 0.6) is 0 Å². The van der Waals surface area contributed by atoms with Crippen molar-refractivity contribution < 1.29 is 17.7 Å². The van der Waals surface area contributed by atoms with Crippen LogP contribution in [0.2, 0.25) is 0 Å². The highest BCUT2D eigenvalue weighted by Gasteiger charge is 2.34. The zero-order valence-electron chi connectivity index (χ0n) is 13.5. The molecule has 5 nitrogen and oxygen atoms in total. The van der Waals surface area contributed by atoms with E-state index in [2.05, 4.69) is 21.0 Å². The van der Waals surface area contributed by atoms with Crippen molar-refractivity contribution >= 4 is 0 Å². The van der Waals surface area contributed by atoms with E-state index in [0.717, 1.165) is 17.7 Å². The van der Waals surface area contributed by atoms with Gasteiger partial charge >= 0.3 is 6.18 Å². The first-order valence-electron chi connectivity index (χ1n) is 8.07. The Hall–Kier alpha value is -2.71. The summed E-state index contributed by atoms with van der Waals surface area (Å²) in [5.41, 5.74) is 7.13. The lowest BCUT2D eigenvalue weighted by Gasteiger charge is -2.15. The molecule has 2 atom stereocenters. The summed E-state index contributed by atoms with van der Waals surface area (Å²) >= 11 is 0. The van der Waals surface area contributed by atoms with Crippen molar-refractivity contribution in [3.8, 4) is 11.4 Å². The molecular formula is C18H15F3N4O. The van der Waals surface area contributed by atoms with E-state index in [4.69, 9.17) is 4.52 Å². The first-order chi connectivity index (χ1) is 12.5. The minimum absolute atomic E-state index is 0.0305. The van der Waals surface area contributed by atoms with Crippen LogP contribution < -0.4 is 10.9 Å². The van der Waals surface area contributed by atoms with Gasteiger partial charge in [-0.05, 0) is 17.7 Å². The summed E-state index contributed by atoms with van der Waals surface area (Å²) in [4.78, 5) is 4.39.